The fraction of sp³-hybridized carbons (Fsp3) is 0.267. The maximum Gasteiger partial charge on any atom is 0.339 e. The fourth-order valence-electron chi connectivity index (χ4n) is 2.44. The molecule has 2 heterocycles. The zero-order chi connectivity index (χ0) is 15.0. The van der Waals surface area contributed by atoms with Gasteiger partial charge in [0, 0.05) is 25.5 Å². The first-order chi connectivity index (χ1) is 10.1. The van der Waals surface area contributed by atoms with Crippen molar-refractivity contribution >= 4 is 28.6 Å². The lowest BCUT2D eigenvalue weighted by Crippen LogP contribution is -2.49. The minimum atomic E-state index is -1.03. The van der Waals surface area contributed by atoms with Crippen molar-refractivity contribution in [1.82, 2.24) is 9.88 Å². The van der Waals surface area contributed by atoms with Crippen LogP contribution in [0.2, 0.25) is 0 Å². The highest BCUT2D eigenvalue weighted by molar-refractivity contribution is 5.99. The molecule has 0 bridgehead atoms. The largest absolute Gasteiger partial charge is 0.478 e. The molecule has 1 aliphatic rings. The number of nitrogens with zero attached hydrogens (tertiary/aromatic N) is 3. The Labute approximate surface area is 121 Å². The highest BCUT2D eigenvalue weighted by Crippen LogP contribution is 2.24. The quantitative estimate of drug-likeness (QED) is 0.898. The number of aromatic carboxylic acids is 1. The van der Waals surface area contributed by atoms with E-state index in [0.717, 1.165) is 10.9 Å². The normalized spacial score (nSPS) is 15.6. The first-order valence-electron chi connectivity index (χ1n) is 6.68. The third-order valence-electron chi connectivity index (χ3n) is 3.69. The van der Waals surface area contributed by atoms with Gasteiger partial charge in [0.05, 0.1) is 12.1 Å². The van der Waals surface area contributed by atoms with Crippen LogP contribution < -0.4 is 4.90 Å². The van der Waals surface area contributed by atoms with Crippen LogP contribution in [0.1, 0.15) is 10.4 Å². The molecule has 0 atom stereocenters. The molecule has 0 radical (unpaired) electrons. The van der Waals surface area contributed by atoms with Crippen LogP contribution in [0.5, 0.6) is 0 Å². The number of benzene rings is 1. The Balaban J connectivity index is 2.09. The molecule has 3 rings (SSSR count). The Kier molecular flexibility index (Phi) is 3.21. The number of likely N-dealkylation sites (N-methyl/N-ethyl adjacent to an activating group) is 1. The number of pyridine rings is 1. The Hall–Kier alpha value is -2.63. The van der Waals surface area contributed by atoms with Crippen molar-refractivity contribution in [3.8, 4) is 0 Å². The molecule has 108 valence electrons. The van der Waals surface area contributed by atoms with Crippen LogP contribution in [0.25, 0.3) is 10.9 Å². The summed E-state index contributed by atoms with van der Waals surface area (Å²) in [6.45, 7) is 1.29. The smallest absolute Gasteiger partial charge is 0.339 e. The third-order valence-corrected chi connectivity index (χ3v) is 3.69. The lowest BCUT2D eigenvalue weighted by Gasteiger charge is -2.33. The maximum atomic E-state index is 11.8. The zero-order valence-electron chi connectivity index (χ0n) is 11.6. The molecule has 6 heteroatoms. The van der Waals surface area contributed by atoms with E-state index in [2.05, 4.69) is 4.98 Å². The molecule has 1 saturated heterocycles. The minimum absolute atomic E-state index is 0.0347. The highest BCUT2D eigenvalue weighted by atomic mass is 16.4. The molecular weight excluding hydrogens is 270 g/mol. The summed E-state index contributed by atoms with van der Waals surface area (Å²) >= 11 is 0. The van der Waals surface area contributed by atoms with Crippen molar-refractivity contribution in [1.29, 1.82) is 0 Å². The molecule has 21 heavy (non-hydrogen) atoms. The molecule has 1 aromatic carbocycles. The number of amides is 1. The van der Waals surface area contributed by atoms with Crippen LogP contribution in [-0.2, 0) is 4.79 Å². The van der Waals surface area contributed by atoms with E-state index in [1.807, 2.05) is 24.3 Å². The van der Waals surface area contributed by atoms with Gasteiger partial charge in [-0.3, -0.25) is 4.79 Å². The molecule has 1 amide bonds. The second-order valence-electron chi connectivity index (χ2n) is 5.09. The van der Waals surface area contributed by atoms with Gasteiger partial charge in [0.15, 0.2) is 0 Å². The first kappa shape index (κ1) is 13.4. The Morgan fingerprint density at radius 1 is 1.29 bits per heavy atom. The predicted molar refractivity (Wildman–Crippen MR) is 78.6 cm³/mol. The summed E-state index contributed by atoms with van der Waals surface area (Å²) in [6, 6.07) is 8.97. The van der Waals surface area contributed by atoms with E-state index < -0.39 is 5.97 Å². The zero-order valence-corrected chi connectivity index (χ0v) is 11.6. The second-order valence-corrected chi connectivity index (χ2v) is 5.09. The molecule has 0 aliphatic carbocycles. The lowest BCUT2D eigenvalue weighted by molar-refractivity contribution is -0.129. The number of anilines is 1. The number of hydrogen-bond donors (Lipinski definition) is 1. The van der Waals surface area contributed by atoms with Gasteiger partial charge >= 0.3 is 5.97 Å². The van der Waals surface area contributed by atoms with E-state index in [9.17, 15) is 14.7 Å². The molecule has 1 aromatic heterocycles. The summed E-state index contributed by atoms with van der Waals surface area (Å²) in [5.74, 6) is -0.704. The van der Waals surface area contributed by atoms with Gasteiger partial charge in [0.2, 0.25) is 5.91 Å². The summed E-state index contributed by atoms with van der Waals surface area (Å²) in [4.78, 5) is 31.1. The van der Waals surface area contributed by atoms with Crippen molar-refractivity contribution in [2.24, 2.45) is 0 Å². The molecule has 0 spiro atoms. The second kappa shape index (κ2) is 5.05. The third kappa shape index (κ3) is 2.40. The summed E-state index contributed by atoms with van der Waals surface area (Å²) in [6.07, 6.45) is 0. The molecule has 2 aromatic rings. The van der Waals surface area contributed by atoms with E-state index in [-0.39, 0.29) is 18.0 Å². The van der Waals surface area contributed by atoms with Crippen LogP contribution in [-0.4, -0.2) is 53.5 Å². The number of carbonyl (C=O) groups is 2. The van der Waals surface area contributed by atoms with Gasteiger partial charge in [-0.25, -0.2) is 9.78 Å². The van der Waals surface area contributed by atoms with E-state index in [1.54, 1.807) is 22.9 Å². The SMILES string of the molecule is CN1CCN(c2nc3ccccc3cc2C(=O)O)CC1=O. The van der Waals surface area contributed by atoms with Crippen LogP contribution in [0.4, 0.5) is 5.82 Å². The van der Waals surface area contributed by atoms with E-state index in [0.29, 0.717) is 18.9 Å². The van der Waals surface area contributed by atoms with Crippen molar-refractivity contribution < 1.29 is 14.7 Å². The average molecular weight is 285 g/mol. The van der Waals surface area contributed by atoms with E-state index in [4.69, 9.17) is 0 Å². The van der Waals surface area contributed by atoms with Crippen LogP contribution in [0.15, 0.2) is 30.3 Å². The number of carbonyl (C=O) groups excluding carboxylic acids is 1. The Bertz CT molecular complexity index is 729. The molecule has 0 unspecified atom stereocenters. The van der Waals surface area contributed by atoms with Crippen LogP contribution in [0.3, 0.4) is 0 Å². The van der Waals surface area contributed by atoms with E-state index >= 15 is 0 Å². The number of piperazine rings is 1. The van der Waals surface area contributed by atoms with Gasteiger partial charge < -0.3 is 14.9 Å². The van der Waals surface area contributed by atoms with Gasteiger partial charge in [0.25, 0.3) is 0 Å². The monoisotopic (exact) mass is 285 g/mol. The standard InChI is InChI=1S/C15H15N3O3/c1-17-6-7-18(9-13(17)19)14-11(15(20)21)8-10-4-2-3-5-12(10)16-14/h2-5,8H,6-7,9H2,1H3,(H,20,21). The van der Waals surface area contributed by atoms with Gasteiger partial charge in [-0.15, -0.1) is 0 Å². The first-order valence-corrected chi connectivity index (χ1v) is 6.68. The Morgan fingerprint density at radius 2 is 2.05 bits per heavy atom. The summed E-state index contributed by atoms with van der Waals surface area (Å²) in [7, 11) is 1.74. The maximum absolute atomic E-state index is 11.8. The Morgan fingerprint density at radius 3 is 2.76 bits per heavy atom. The summed E-state index contributed by atoms with van der Waals surface area (Å²) < 4.78 is 0. The molecule has 1 N–H and O–H groups in total. The van der Waals surface area contributed by atoms with Crippen molar-refractivity contribution in [2.75, 3.05) is 31.6 Å². The lowest BCUT2D eigenvalue weighted by atomic mass is 10.1. The van der Waals surface area contributed by atoms with Crippen LogP contribution in [0, 0.1) is 0 Å². The van der Waals surface area contributed by atoms with Gasteiger partial charge in [-0.05, 0) is 12.1 Å². The molecule has 0 saturated carbocycles. The topological polar surface area (TPSA) is 73.7 Å². The number of fused-ring (bicyclic) bond motifs is 1. The summed E-state index contributed by atoms with van der Waals surface area (Å²) in [5, 5.41) is 10.2. The molecule has 6 nitrogen and oxygen atoms in total. The molecule has 1 aliphatic heterocycles. The van der Waals surface area contributed by atoms with Gasteiger partial charge in [-0.2, -0.15) is 0 Å². The van der Waals surface area contributed by atoms with E-state index in [1.165, 1.54) is 0 Å². The predicted octanol–water partition coefficient (Wildman–Crippen LogP) is 1.21. The number of para-hydroxylation sites is 1. The highest BCUT2D eigenvalue weighted by Gasteiger charge is 2.26. The minimum Gasteiger partial charge on any atom is -0.478 e. The number of aromatic nitrogens is 1. The average Bonchev–Trinajstić information content (AvgIpc) is 2.48. The van der Waals surface area contributed by atoms with Crippen molar-refractivity contribution in [3.63, 3.8) is 0 Å². The summed E-state index contributed by atoms with van der Waals surface area (Å²) in [5.41, 5.74) is 0.856. The van der Waals surface area contributed by atoms with Gasteiger partial charge in [0.1, 0.15) is 11.4 Å². The van der Waals surface area contributed by atoms with Crippen LogP contribution >= 0.6 is 0 Å². The number of rotatable bonds is 2. The number of hydrogen-bond acceptors (Lipinski definition) is 4. The molecular formula is C15H15N3O3. The number of carboxylic acid groups (broad SMARTS) is 1. The fourth-order valence-corrected chi connectivity index (χ4v) is 2.44. The van der Waals surface area contributed by atoms with Gasteiger partial charge in [-0.1, -0.05) is 18.2 Å². The van der Waals surface area contributed by atoms with Crippen molar-refractivity contribution in [3.05, 3.63) is 35.9 Å². The number of carboxylic acids is 1. The van der Waals surface area contributed by atoms with Crippen molar-refractivity contribution in [2.45, 2.75) is 0 Å². The molecule has 1 fully saturated rings.